The highest BCUT2D eigenvalue weighted by molar-refractivity contribution is 6.72. The molecular weight excluding hydrogens is 565 g/mol. The van der Waals surface area contributed by atoms with Crippen LogP contribution >= 0.6 is 0 Å². The van der Waals surface area contributed by atoms with Gasteiger partial charge in [-0.25, -0.2) is 0 Å². The molecule has 2 aromatic carbocycles. The number of benzene rings is 2. The summed E-state index contributed by atoms with van der Waals surface area (Å²) in [5.74, 6) is -0.376. The number of rotatable bonds is 9. The first kappa shape index (κ1) is 29.6. The minimum absolute atomic E-state index is 0.00549. The number of amides is 2. The van der Waals surface area contributed by atoms with Gasteiger partial charge in [0.1, 0.15) is 0 Å². The largest absolute Gasteiger partial charge is 0.396 e. The Labute approximate surface area is 252 Å². The monoisotopic (exact) mass is 605 g/mol. The van der Waals surface area contributed by atoms with E-state index < -0.39 is 25.7 Å². The number of para-hydroxylation sites is 1. The lowest BCUT2D eigenvalue weighted by Crippen LogP contribution is -2.45. The fourth-order valence-electron chi connectivity index (χ4n) is 7.41. The summed E-state index contributed by atoms with van der Waals surface area (Å²) >= 11 is 0. The maximum absolute atomic E-state index is 16.1. The lowest BCUT2D eigenvalue weighted by atomic mass is 9.82. The number of hydrogen-bond donors (Lipinski definition) is 1. The fraction of sp³-hybridized carbons (Fsp3) is 0.500. The molecule has 0 bridgehead atoms. The van der Waals surface area contributed by atoms with E-state index in [0.29, 0.717) is 38.0 Å². The second-order valence-electron chi connectivity index (χ2n) is 12.6. The first-order valence-electron chi connectivity index (χ1n) is 15.3. The Balaban J connectivity index is 1.27. The summed E-state index contributed by atoms with van der Waals surface area (Å²) in [6.07, 6.45) is 4.75. The maximum atomic E-state index is 16.1. The summed E-state index contributed by atoms with van der Waals surface area (Å²) in [5, 5.41) is 17.5. The second kappa shape index (κ2) is 11.6. The lowest BCUT2D eigenvalue weighted by molar-refractivity contribution is -0.146. The van der Waals surface area contributed by atoms with Crippen LogP contribution in [0.2, 0.25) is 18.6 Å². The van der Waals surface area contributed by atoms with E-state index in [4.69, 9.17) is 4.74 Å². The van der Waals surface area contributed by atoms with E-state index in [-0.39, 0.29) is 24.3 Å². The number of hydrogen-bond acceptors (Lipinski definition) is 6. The third-order valence-corrected chi connectivity index (χ3v) is 11.8. The first-order valence-corrected chi connectivity index (χ1v) is 18.3. The van der Waals surface area contributed by atoms with Crippen molar-refractivity contribution in [1.29, 1.82) is 0 Å². The molecule has 6 rings (SSSR count). The lowest BCUT2D eigenvalue weighted by Gasteiger charge is -2.31. The number of fused-ring (bicyclic) bond motifs is 2. The number of aromatic nitrogens is 3. The summed E-state index contributed by atoms with van der Waals surface area (Å²) in [4.78, 5) is 30.5. The van der Waals surface area contributed by atoms with Crippen molar-refractivity contribution in [2.45, 2.75) is 82.5 Å². The highest BCUT2D eigenvalue weighted by atomic mass is 28.4. The number of nitrogens with zero attached hydrogens (tertiary/aromatic N) is 5. The molecule has 43 heavy (non-hydrogen) atoms. The summed E-state index contributed by atoms with van der Waals surface area (Å²) in [7, 11) is -3.27. The van der Waals surface area contributed by atoms with Gasteiger partial charge in [-0.05, 0) is 56.1 Å². The standard InChI is InChI=1S/C32H40FN5O4Si/c1-22-30(43(2,3)33)28(15-18-36-21-24(16-19-39)34-35-36)42-32(22)26-8-4-5-9-27(26)38(31(32)41)20-23-11-13-25(14-12-23)37-17-7-6-10-29(37)40/h4-5,8-9,11-14,21-22,28,30,39H,6-7,10,15-20H2,1-3H3/t22-,28+,30-,32+/m1/s1. The number of halogens is 1. The minimum atomic E-state index is -3.27. The molecule has 0 unspecified atom stereocenters. The molecule has 11 heteroatoms. The van der Waals surface area contributed by atoms with Gasteiger partial charge in [0.25, 0.3) is 5.91 Å². The van der Waals surface area contributed by atoms with Crippen LogP contribution < -0.4 is 9.80 Å². The Kier molecular flexibility index (Phi) is 7.99. The van der Waals surface area contributed by atoms with E-state index in [1.165, 1.54) is 0 Å². The Morgan fingerprint density at radius 2 is 1.88 bits per heavy atom. The van der Waals surface area contributed by atoms with Crippen molar-refractivity contribution < 1.29 is 23.5 Å². The Hall–Kier alpha value is -3.41. The molecule has 2 amide bonds. The zero-order valence-corrected chi connectivity index (χ0v) is 26.1. The highest BCUT2D eigenvalue weighted by Gasteiger charge is 2.66. The van der Waals surface area contributed by atoms with Crippen molar-refractivity contribution in [1.82, 2.24) is 15.0 Å². The molecule has 1 spiro atoms. The van der Waals surface area contributed by atoms with Crippen LogP contribution in [0, 0.1) is 5.92 Å². The van der Waals surface area contributed by atoms with Crippen molar-refractivity contribution in [2.75, 3.05) is 23.0 Å². The molecule has 0 radical (unpaired) electrons. The molecule has 4 heterocycles. The molecule has 4 atom stereocenters. The number of carbonyl (C=O) groups excluding carboxylic acids is 2. The van der Waals surface area contributed by atoms with E-state index >= 15 is 4.11 Å². The van der Waals surface area contributed by atoms with Gasteiger partial charge in [-0.1, -0.05) is 42.5 Å². The van der Waals surface area contributed by atoms with Gasteiger partial charge in [-0.3, -0.25) is 14.3 Å². The van der Waals surface area contributed by atoms with E-state index in [1.54, 1.807) is 28.9 Å². The molecule has 3 aliphatic heterocycles. The van der Waals surface area contributed by atoms with E-state index in [0.717, 1.165) is 41.9 Å². The van der Waals surface area contributed by atoms with Gasteiger partial charge in [0.15, 0.2) is 5.60 Å². The van der Waals surface area contributed by atoms with Crippen LogP contribution in [0.1, 0.15) is 49.4 Å². The molecule has 3 aliphatic rings. The van der Waals surface area contributed by atoms with Crippen LogP contribution in [0.25, 0.3) is 0 Å². The number of aliphatic hydroxyl groups excluding tert-OH is 1. The quantitative estimate of drug-likeness (QED) is 0.279. The molecule has 9 nitrogen and oxygen atoms in total. The summed E-state index contributed by atoms with van der Waals surface area (Å²) in [6.45, 7) is 6.92. The normalized spacial score (nSPS) is 25.7. The Morgan fingerprint density at radius 3 is 2.60 bits per heavy atom. The predicted molar refractivity (Wildman–Crippen MR) is 164 cm³/mol. The topological polar surface area (TPSA) is 101 Å². The molecule has 1 N–H and O–H groups in total. The highest BCUT2D eigenvalue weighted by Crippen LogP contribution is 2.60. The number of piperidine rings is 1. The van der Waals surface area contributed by atoms with Crippen molar-refractivity contribution >= 4 is 31.6 Å². The minimum Gasteiger partial charge on any atom is -0.396 e. The van der Waals surface area contributed by atoms with Crippen molar-refractivity contribution in [3.8, 4) is 0 Å². The molecular formula is C32H40FN5O4Si. The van der Waals surface area contributed by atoms with Gasteiger partial charge in [-0.15, -0.1) is 5.10 Å². The fourth-order valence-corrected chi connectivity index (χ4v) is 9.95. The predicted octanol–water partition coefficient (Wildman–Crippen LogP) is 4.74. The first-order chi connectivity index (χ1) is 20.6. The van der Waals surface area contributed by atoms with E-state index in [1.807, 2.05) is 60.4 Å². The van der Waals surface area contributed by atoms with E-state index in [9.17, 15) is 14.7 Å². The van der Waals surface area contributed by atoms with Gasteiger partial charge >= 0.3 is 0 Å². The molecule has 0 saturated carbocycles. The van der Waals surface area contributed by atoms with Crippen LogP contribution in [0.4, 0.5) is 15.5 Å². The number of aryl methyl sites for hydroxylation is 1. The molecule has 3 aromatic rings. The van der Waals surface area contributed by atoms with Gasteiger partial charge in [0, 0.05) is 61.4 Å². The Morgan fingerprint density at radius 1 is 1.12 bits per heavy atom. The number of anilines is 2. The second-order valence-corrected chi connectivity index (χ2v) is 16.4. The molecule has 0 aliphatic carbocycles. The maximum Gasteiger partial charge on any atom is 0.264 e. The third-order valence-electron chi connectivity index (χ3n) is 9.38. The average molecular weight is 606 g/mol. The van der Waals surface area contributed by atoms with Gasteiger partial charge in [-0.2, -0.15) is 0 Å². The average Bonchev–Trinajstić information content (AvgIpc) is 3.63. The molecule has 2 fully saturated rings. The van der Waals surface area contributed by atoms with Crippen LogP contribution in [-0.2, 0) is 39.4 Å². The van der Waals surface area contributed by atoms with Crippen LogP contribution in [-0.4, -0.2) is 59.6 Å². The molecule has 1 aromatic heterocycles. The van der Waals surface area contributed by atoms with Crippen LogP contribution in [0.15, 0.2) is 54.7 Å². The molecule has 2 saturated heterocycles. The van der Waals surface area contributed by atoms with E-state index in [2.05, 4.69) is 10.3 Å². The smallest absolute Gasteiger partial charge is 0.264 e. The number of ether oxygens (including phenoxy) is 1. The van der Waals surface area contributed by atoms with Crippen LogP contribution in [0.3, 0.4) is 0 Å². The summed E-state index contributed by atoms with van der Waals surface area (Å²) < 4.78 is 24.6. The van der Waals surface area contributed by atoms with Crippen molar-refractivity contribution in [2.24, 2.45) is 5.92 Å². The van der Waals surface area contributed by atoms with Gasteiger partial charge in [0.2, 0.25) is 14.3 Å². The zero-order chi connectivity index (χ0) is 30.4. The van der Waals surface area contributed by atoms with Crippen molar-refractivity contribution in [3.63, 3.8) is 0 Å². The Bertz CT molecular complexity index is 1490. The number of carbonyl (C=O) groups is 2. The molecule has 228 valence electrons. The SMILES string of the molecule is C[C@@H]1[C@@H]([Si](C)(C)F)[C@H](CCn2cc(CCO)nn2)O[C@@]12C(=O)N(Cc1ccc(N3CCCCC3=O)cc1)c1ccccc12. The van der Waals surface area contributed by atoms with Gasteiger partial charge in [0.05, 0.1) is 24.0 Å². The van der Waals surface area contributed by atoms with Crippen LogP contribution in [0.5, 0.6) is 0 Å². The van der Waals surface area contributed by atoms with Gasteiger partial charge < -0.3 is 23.8 Å². The zero-order valence-electron chi connectivity index (χ0n) is 25.1. The van der Waals surface area contributed by atoms with Crippen molar-refractivity contribution in [3.05, 3.63) is 71.5 Å². The third kappa shape index (κ3) is 5.31. The summed E-state index contributed by atoms with van der Waals surface area (Å²) in [6, 6.07) is 15.6. The number of aliphatic hydroxyl groups is 1. The summed E-state index contributed by atoms with van der Waals surface area (Å²) in [5.41, 5.74) is 2.43.